The highest BCUT2D eigenvalue weighted by Gasteiger charge is 2.27. The maximum Gasteiger partial charge on any atom is 0.242 e. The lowest BCUT2D eigenvalue weighted by Gasteiger charge is -2.18. The van der Waals surface area contributed by atoms with Gasteiger partial charge in [-0.25, -0.2) is 0 Å². The second kappa shape index (κ2) is 6.41. The molecule has 0 unspecified atom stereocenters. The van der Waals surface area contributed by atoms with Crippen LogP contribution < -0.4 is 15.4 Å². The van der Waals surface area contributed by atoms with E-state index in [9.17, 15) is 9.59 Å². The summed E-state index contributed by atoms with van der Waals surface area (Å²) in [5.41, 5.74) is 1.06. The molecule has 108 valence electrons. The van der Waals surface area contributed by atoms with Crippen LogP contribution in [-0.2, 0) is 9.59 Å². The van der Waals surface area contributed by atoms with Gasteiger partial charge in [0.05, 0.1) is 6.04 Å². The van der Waals surface area contributed by atoms with Gasteiger partial charge in [0.2, 0.25) is 11.8 Å². The highest BCUT2D eigenvalue weighted by atomic mass is 16.5. The quantitative estimate of drug-likeness (QED) is 0.848. The van der Waals surface area contributed by atoms with Crippen LogP contribution in [0.3, 0.4) is 0 Å². The SMILES string of the molecule is Cc1ccccc1OC[C@@H](C)NC(=O)[C@@H]1CCC(=O)N1. The van der Waals surface area contributed by atoms with Gasteiger partial charge < -0.3 is 15.4 Å². The standard InChI is InChI=1S/C15H20N2O3/c1-10-5-3-4-6-13(10)20-9-11(2)16-15(19)12-7-8-14(18)17-12/h3-6,11-12H,7-9H2,1-2H3,(H,16,19)(H,17,18)/t11-,12+/m1/s1. The number of para-hydroxylation sites is 1. The van der Waals surface area contributed by atoms with E-state index in [0.29, 0.717) is 19.4 Å². The first-order valence-electron chi connectivity index (χ1n) is 6.84. The lowest BCUT2D eigenvalue weighted by Crippen LogP contribution is -2.46. The van der Waals surface area contributed by atoms with Crippen LogP contribution in [0.5, 0.6) is 5.75 Å². The minimum absolute atomic E-state index is 0.0611. The first kappa shape index (κ1) is 14.4. The second-order valence-corrected chi connectivity index (χ2v) is 5.14. The van der Waals surface area contributed by atoms with E-state index in [0.717, 1.165) is 11.3 Å². The minimum atomic E-state index is -0.400. The number of hydrogen-bond acceptors (Lipinski definition) is 3. The van der Waals surface area contributed by atoms with Crippen molar-refractivity contribution in [2.24, 2.45) is 0 Å². The van der Waals surface area contributed by atoms with Gasteiger partial charge in [-0.15, -0.1) is 0 Å². The summed E-state index contributed by atoms with van der Waals surface area (Å²) in [4.78, 5) is 23.0. The van der Waals surface area contributed by atoms with E-state index in [1.165, 1.54) is 0 Å². The van der Waals surface area contributed by atoms with Crippen molar-refractivity contribution in [3.63, 3.8) is 0 Å². The third-order valence-corrected chi connectivity index (χ3v) is 3.28. The Kier molecular flexibility index (Phi) is 4.61. The van der Waals surface area contributed by atoms with Crippen LogP contribution in [0.15, 0.2) is 24.3 Å². The molecular formula is C15H20N2O3. The van der Waals surface area contributed by atoms with Gasteiger partial charge in [-0.3, -0.25) is 9.59 Å². The Balaban J connectivity index is 1.78. The van der Waals surface area contributed by atoms with Crippen molar-refractivity contribution in [2.45, 2.75) is 38.8 Å². The number of nitrogens with one attached hydrogen (secondary N) is 2. The van der Waals surface area contributed by atoms with Crippen molar-refractivity contribution in [2.75, 3.05) is 6.61 Å². The molecule has 1 saturated heterocycles. The third kappa shape index (κ3) is 3.73. The molecule has 2 atom stereocenters. The summed E-state index contributed by atoms with van der Waals surface area (Å²) < 4.78 is 5.68. The number of carbonyl (C=O) groups excluding carboxylic acids is 2. The fourth-order valence-electron chi connectivity index (χ4n) is 2.13. The van der Waals surface area contributed by atoms with Gasteiger partial charge in [-0.2, -0.15) is 0 Å². The molecule has 0 bridgehead atoms. The normalized spacial score (nSPS) is 19.3. The Morgan fingerprint density at radius 3 is 2.90 bits per heavy atom. The molecule has 0 spiro atoms. The summed E-state index contributed by atoms with van der Waals surface area (Å²) in [6.45, 7) is 4.26. The summed E-state index contributed by atoms with van der Waals surface area (Å²) in [6.07, 6.45) is 0.988. The van der Waals surface area contributed by atoms with Gasteiger partial charge >= 0.3 is 0 Å². The average Bonchev–Trinajstić information content (AvgIpc) is 2.84. The molecular weight excluding hydrogens is 256 g/mol. The zero-order valence-electron chi connectivity index (χ0n) is 11.8. The van der Waals surface area contributed by atoms with Crippen molar-refractivity contribution >= 4 is 11.8 Å². The second-order valence-electron chi connectivity index (χ2n) is 5.14. The van der Waals surface area contributed by atoms with E-state index in [-0.39, 0.29) is 17.9 Å². The predicted octanol–water partition coefficient (Wildman–Crippen LogP) is 1.16. The van der Waals surface area contributed by atoms with E-state index in [4.69, 9.17) is 4.74 Å². The Bertz CT molecular complexity index is 502. The monoisotopic (exact) mass is 276 g/mol. The molecule has 1 aliphatic rings. The maximum atomic E-state index is 11.9. The average molecular weight is 276 g/mol. The van der Waals surface area contributed by atoms with Gasteiger partial charge in [-0.1, -0.05) is 18.2 Å². The molecule has 1 fully saturated rings. The first-order chi connectivity index (χ1) is 9.56. The van der Waals surface area contributed by atoms with Gasteiger partial charge in [0.15, 0.2) is 0 Å². The number of carbonyl (C=O) groups is 2. The number of rotatable bonds is 5. The highest BCUT2D eigenvalue weighted by Crippen LogP contribution is 2.16. The van der Waals surface area contributed by atoms with Crippen LogP contribution >= 0.6 is 0 Å². The van der Waals surface area contributed by atoms with Crippen molar-refractivity contribution in [3.05, 3.63) is 29.8 Å². The van der Waals surface area contributed by atoms with Gasteiger partial charge in [-0.05, 0) is 31.9 Å². The molecule has 1 aromatic carbocycles. The zero-order chi connectivity index (χ0) is 14.5. The number of aryl methyl sites for hydroxylation is 1. The van der Waals surface area contributed by atoms with Gasteiger partial charge in [0.1, 0.15) is 18.4 Å². The number of ether oxygens (including phenoxy) is 1. The van der Waals surface area contributed by atoms with Crippen LogP contribution in [-0.4, -0.2) is 30.5 Å². The summed E-state index contributed by atoms with van der Waals surface area (Å²) in [5.74, 6) is 0.619. The minimum Gasteiger partial charge on any atom is -0.491 e. The van der Waals surface area contributed by atoms with E-state index in [2.05, 4.69) is 10.6 Å². The molecule has 1 aromatic rings. The first-order valence-corrected chi connectivity index (χ1v) is 6.84. The Morgan fingerprint density at radius 2 is 2.25 bits per heavy atom. The number of hydrogen-bond donors (Lipinski definition) is 2. The van der Waals surface area contributed by atoms with Crippen LogP contribution in [0, 0.1) is 6.92 Å². The van der Waals surface area contributed by atoms with E-state index in [1.807, 2.05) is 38.1 Å². The lowest BCUT2D eigenvalue weighted by molar-refractivity contribution is -0.126. The zero-order valence-corrected chi connectivity index (χ0v) is 11.8. The molecule has 2 amide bonds. The van der Waals surface area contributed by atoms with Crippen molar-refractivity contribution in [3.8, 4) is 5.75 Å². The van der Waals surface area contributed by atoms with Gasteiger partial charge in [0, 0.05) is 6.42 Å². The predicted molar refractivity (Wildman–Crippen MR) is 75.4 cm³/mol. The summed E-state index contributed by atoms with van der Waals surface area (Å²) >= 11 is 0. The molecule has 1 aliphatic heterocycles. The van der Waals surface area contributed by atoms with Crippen molar-refractivity contribution < 1.29 is 14.3 Å². The van der Waals surface area contributed by atoms with E-state index < -0.39 is 6.04 Å². The molecule has 2 N–H and O–H groups in total. The topological polar surface area (TPSA) is 67.4 Å². The third-order valence-electron chi connectivity index (χ3n) is 3.28. The lowest BCUT2D eigenvalue weighted by atomic mass is 10.2. The number of amides is 2. The molecule has 5 nitrogen and oxygen atoms in total. The fraction of sp³-hybridized carbons (Fsp3) is 0.467. The van der Waals surface area contributed by atoms with Crippen molar-refractivity contribution in [1.29, 1.82) is 0 Å². The molecule has 1 heterocycles. The highest BCUT2D eigenvalue weighted by molar-refractivity contribution is 5.90. The van der Waals surface area contributed by atoms with Crippen LogP contribution in [0.25, 0.3) is 0 Å². The van der Waals surface area contributed by atoms with Crippen LogP contribution in [0.2, 0.25) is 0 Å². The van der Waals surface area contributed by atoms with Crippen LogP contribution in [0.1, 0.15) is 25.3 Å². The van der Waals surface area contributed by atoms with Crippen LogP contribution in [0.4, 0.5) is 0 Å². The summed E-state index contributed by atoms with van der Waals surface area (Å²) in [7, 11) is 0. The molecule has 0 aliphatic carbocycles. The van der Waals surface area contributed by atoms with E-state index >= 15 is 0 Å². The smallest absolute Gasteiger partial charge is 0.242 e. The Morgan fingerprint density at radius 1 is 1.50 bits per heavy atom. The molecule has 2 rings (SSSR count). The number of benzene rings is 1. The summed E-state index contributed by atoms with van der Waals surface area (Å²) in [6, 6.07) is 7.24. The Labute approximate surface area is 118 Å². The van der Waals surface area contributed by atoms with Gasteiger partial charge in [0.25, 0.3) is 0 Å². The molecule has 0 aromatic heterocycles. The molecule has 5 heteroatoms. The fourth-order valence-corrected chi connectivity index (χ4v) is 2.13. The Hall–Kier alpha value is -2.04. The molecule has 20 heavy (non-hydrogen) atoms. The van der Waals surface area contributed by atoms with Crippen molar-refractivity contribution in [1.82, 2.24) is 10.6 Å². The largest absolute Gasteiger partial charge is 0.491 e. The maximum absolute atomic E-state index is 11.9. The van der Waals surface area contributed by atoms with E-state index in [1.54, 1.807) is 0 Å². The summed E-state index contributed by atoms with van der Waals surface area (Å²) in [5, 5.41) is 5.50. The molecule has 0 saturated carbocycles. The molecule has 0 radical (unpaired) electrons.